The maximum atomic E-state index is 11.8. The molecule has 0 fully saturated rings. The normalized spacial score (nSPS) is 29.1. The first-order chi connectivity index (χ1) is 6.36. The Morgan fingerprint density at radius 1 is 1.08 bits per heavy atom. The third-order valence-electron chi connectivity index (χ3n) is 2.70. The highest BCUT2D eigenvalue weighted by Gasteiger charge is 2.26. The van der Waals surface area contributed by atoms with Crippen molar-refractivity contribution >= 4 is 5.91 Å². The Morgan fingerprint density at radius 3 is 2.54 bits per heavy atom. The minimum atomic E-state index is -0.0510. The molecule has 3 heterocycles. The number of hydrogen-bond acceptors (Lipinski definition) is 1. The van der Waals surface area contributed by atoms with Crippen LogP contribution in [0.5, 0.6) is 0 Å². The highest BCUT2D eigenvalue weighted by atomic mass is 16.2. The van der Waals surface area contributed by atoms with Gasteiger partial charge < -0.3 is 0 Å². The Balaban J connectivity index is 2.30. The van der Waals surface area contributed by atoms with Gasteiger partial charge in [-0.25, -0.2) is 0 Å². The zero-order valence-corrected chi connectivity index (χ0v) is 7.05. The topological polar surface area (TPSA) is 22.0 Å². The van der Waals surface area contributed by atoms with Gasteiger partial charge in [-0.2, -0.15) is 0 Å². The minimum absolute atomic E-state index is 0.0510. The van der Waals surface area contributed by atoms with Gasteiger partial charge in [0.25, 0.3) is 0 Å². The molecule has 0 atom stereocenters. The summed E-state index contributed by atoms with van der Waals surface area (Å²) in [6.45, 7) is 0. The molecule has 2 heteroatoms. The maximum absolute atomic E-state index is 11.8. The van der Waals surface area contributed by atoms with Gasteiger partial charge in [0.2, 0.25) is 5.91 Å². The minimum Gasteiger partial charge on any atom is -0.290 e. The summed E-state index contributed by atoms with van der Waals surface area (Å²) in [6, 6.07) is 3.93. The average molecular weight is 171 g/mol. The number of hydrogen-bond donors (Lipinski definition) is 0. The van der Waals surface area contributed by atoms with Crippen LogP contribution in [0.3, 0.4) is 0 Å². The number of carbonyl (C=O) groups is 1. The highest BCUT2D eigenvalue weighted by molar-refractivity contribution is 5.87. The van der Waals surface area contributed by atoms with Gasteiger partial charge in [0.1, 0.15) is 0 Å². The molecule has 0 radical (unpaired) electrons. The molecule has 0 spiro atoms. The number of nitrogens with zero attached hydrogens (tertiary/aromatic N) is 1. The molecule has 0 saturated carbocycles. The molecule has 0 aromatic carbocycles. The van der Waals surface area contributed by atoms with E-state index in [2.05, 4.69) is 12.2 Å². The van der Waals surface area contributed by atoms with Crippen molar-refractivity contribution in [1.82, 2.24) is 4.57 Å². The lowest BCUT2D eigenvalue weighted by molar-refractivity contribution is 0.0884. The lowest BCUT2D eigenvalue weighted by Crippen LogP contribution is -2.16. The van der Waals surface area contributed by atoms with Gasteiger partial charge in [-0.05, 0) is 12.1 Å². The quantitative estimate of drug-likeness (QED) is 0.547. The summed E-state index contributed by atoms with van der Waals surface area (Å²) in [5, 5.41) is 0. The first-order valence-corrected chi connectivity index (χ1v) is 4.44. The van der Waals surface area contributed by atoms with Crippen molar-refractivity contribution in [3.05, 3.63) is 48.3 Å². The van der Waals surface area contributed by atoms with Crippen molar-refractivity contribution < 1.29 is 4.79 Å². The van der Waals surface area contributed by atoms with E-state index in [4.69, 9.17) is 0 Å². The predicted octanol–water partition coefficient (Wildman–Crippen LogP) is 1.97. The molecular formula is C11H9NO. The van der Waals surface area contributed by atoms with Crippen LogP contribution in [0.1, 0.15) is 16.4 Å². The van der Waals surface area contributed by atoms with Crippen molar-refractivity contribution in [3.63, 3.8) is 0 Å². The zero-order valence-electron chi connectivity index (χ0n) is 7.05. The molecule has 13 heavy (non-hydrogen) atoms. The van der Waals surface area contributed by atoms with Crippen LogP contribution in [-0.2, 0) is 0 Å². The van der Waals surface area contributed by atoms with Crippen LogP contribution in [0.4, 0.5) is 0 Å². The van der Waals surface area contributed by atoms with Gasteiger partial charge >= 0.3 is 0 Å². The van der Waals surface area contributed by atoms with E-state index in [1.807, 2.05) is 30.5 Å². The first kappa shape index (κ1) is 6.89. The third kappa shape index (κ3) is 0.800. The van der Waals surface area contributed by atoms with Crippen LogP contribution in [0.2, 0.25) is 0 Å². The fourth-order valence-electron chi connectivity index (χ4n) is 2.00. The molecule has 1 aliphatic carbocycles. The van der Waals surface area contributed by atoms with Gasteiger partial charge in [-0.15, -0.1) is 0 Å². The number of aromatic nitrogens is 1. The number of carbonyl (C=O) groups excluding carboxylic acids is 1. The second-order valence-corrected chi connectivity index (χ2v) is 3.46. The second kappa shape index (κ2) is 2.22. The number of allylic oxidation sites excluding steroid dienone is 4. The molecule has 3 aliphatic rings. The average Bonchev–Trinajstić information content (AvgIpc) is 2.58. The van der Waals surface area contributed by atoms with E-state index in [0.29, 0.717) is 0 Å². The van der Waals surface area contributed by atoms with Gasteiger partial charge in [-0.3, -0.25) is 9.36 Å². The summed E-state index contributed by atoms with van der Waals surface area (Å²) in [6.07, 6.45) is 10.0. The van der Waals surface area contributed by atoms with E-state index < -0.39 is 0 Å². The summed E-state index contributed by atoms with van der Waals surface area (Å²) in [5.41, 5.74) is 1.08. The SMILES string of the molecule is O=C1C2C=CC(C=C2)c2cccn21. The fourth-order valence-corrected chi connectivity index (χ4v) is 2.00. The standard InChI is InChI=1S/C11H9NO/c13-11-9-5-3-8(4-6-9)10-2-1-7-12(10)11/h1-9H. The third-order valence-corrected chi connectivity index (χ3v) is 2.70. The van der Waals surface area contributed by atoms with Crippen molar-refractivity contribution in [2.75, 3.05) is 0 Å². The summed E-state index contributed by atoms with van der Waals surface area (Å²) in [7, 11) is 0. The summed E-state index contributed by atoms with van der Waals surface area (Å²) in [4.78, 5) is 11.8. The predicted molar refractivity (Wildman–Crippen MR) is 49.6 cm³/mol. The van der Waals surface area contributed by atoms with E-state index in [1.165, 1.54) is 0 Å². The molecule has 0 unspecified atom stereocenters. The molecule has 1 aromatic rings. The van der Waals surface area contributed by atoms with Crippen LogP contribution < -0.4 is 0 Å². The van der Waals surface area contributed by atoms with Crippen molar-refractivity contribution in [2.24, 2.45) is 5.92 Å². The monoisotopic (exact) mass is 171 g/mol. The van der Waals surface area contributed by atoms with Gasteiger partial charge in [0, 0.05) is 17.8 Å². The molecule has 0 amide bonds. The molecule has 0 saturated heterocycles. The van der Waals surface area contributed by atoms with Gasteiger partial charge in [0.05, 0.1) is 5.92 Å². The first-order valence-electron chi connectivity index (χ1n) is 4.44. The zero-order chi connectivity index (χ0) is 8.84. The van der Waals surface area contributed by atoms with E-state index in [1.54, 1.807) is 4.57 Å². The molecular weight excluding hydrogens is 162 g/mol. The van der Waals surface area contributed by atoms with E-state index in [0.717, 1.165) is 5.69 Å². The fraction of sp³-hybridized carbons (Fsp3) is 0.182. The molecule has 0 N–H and O–H groups in total. The second-order valence-electron chi connectivity index (χ2n) is 3.46. The Bertz CT molecular complexity index is 411. The largest absolute Gasteiger partial charge is 0.290 e. The molecule has 2 nitrogen and oxygen atoms in total. The van der Waals surface area contributed by atoms with E-state index >= 15 is 0 Å². The van der Waals surface area contributed by atoms with Gasteiger partial charge in [-0.1, -0.05) is 24.3 Å². The maximum Gasteiger partial charge on any atom is 0.241 e. The van der Waals surface area contributed by atoms with Crippen LogP contribution in [-0.4, -0.2) is 10.5 Å². The molecule has 1 aromatic heterocycles. The molecule has 64 valence electrons. The van der Waals surface area contributed by atoms with Crippen LogP contribution in [0, 0.1) is 5.92 Å². The lowest BCUT2D eigenvalue weighted by Gasteiger charge is -2.06. The highest BCUT2D eigenvalue weighted by Crippen LogP contribution is 2.30. The number of rotatable bonds is 0. The Hall–Kier alpha value is -1.57. The summed E-state index contributed by atoms with van der Waals surface area (Å²) < 4.78 is 1.76. The van der Waals surface area contributed by atoms with Crippen molar-refractivity contribution in [1.29, 1.82) is 0 Å². The van der Waals surface area contributed by atoms with Crippen LogP contribution >= 0.6 is 0 Å². The summed E-state index contributed by atoms with van der Waals surface area (Å²) in [5.74, 6) is 0.398. The molecule has 4 rings (SSSR count). The van der Waals surface area contributed by atoms with Crippen LogP contribution in [0.25, 0.3) is 0 Å². The lowest BCUT2D eigenvalue weighted by atomic mass is 9.96. The van der Waals surface area contributed by atoms with Gasteiger partial charge in [0.15, 0.2) is 0 Å². The molecule has 2 bridgehead atoms. The Labute approximate surface area is 76.2 Å². The smallest absolute Gasteiger partial charge is 0.241 e. The van der Waals surface area contributed by atoms with Crippen molar-refractivity contribution in [2.45, 2.75) is 5.92 Å². The summed E-state index contributed by atoms with van der Waals surface area (Å²) >= 11 is 0. The molecule has 2 aliphatic heterocycles. The Morgan fingerprint density at radius 2 is 1.77 bits per heavy atom. The van der Waals surface area contributed by atoms with Crippen molar-refractivity contribution in [3.8, 4) is 0 Å². The van der Waals surface area contributed by atoms with E-state index in [-0.39, 0.29) is 17.7 Å². The van der Waals surface area contributed by atoms with Crippen LogP contribution in [0.15, 0.2) is 42.6 Å². The Kier molecular flexibility index (Phi) is 1.18. The van der Waals surface area contributed by atoms with E-state index in [9.17, 15) is 4.79 Å².